The zero-order chi connectivity index (χ0) is 10.8. The van der Waals surface area contributed by atoms with Crippen LogP contribution in [0.4, 0.5) is 5.69 Å². The fraction of sp³-hybridized carbons (Fsp3) is 0.0909. The molecule has 16 heavy (non-hydrogen) atoms. The van der Waals surface area contributed by atoms with Crippen LogP contribution in [-0.2, 0) is 4.74 Å². The van der Waals surface area contributed by atoms with Crippen molar-refractivity contribution in [2.75, 3.05) is 0 Å². The first kappa shape index (κ1) is 9.47. The Morgan fingerprint density at radius 3 is 3.06 bits per heavy atom. The van der Waals surface area contributed by atoms with Crippen LogP contribution >= 0.6 is 11.9 Å². The third kappa shape index (κ3) is 1.81. The maximum atomic E-state index is 5.63. The molecule has 2 heterocycles. The zero-order valence-corrected chi connectivity index (χ0v) is 9.15. The summed E-state index contributed by atoms with van der Waals surface area (Å²) in [6, 6.07) is 2.40. The second-order valence-electron chi connectivity index (χ2n) is 3.32. The number of hydrogen-bond donors (Lipinski definition) is 1. The summed E-state index contributed by atoms with van der Waals surface area (Å²) < 4.78 is 8.67. The van der Waals surface area contributed by atoms with Crippen molar-refractivity contribution in [2.45, 2.75) is 11.0 Å². The number of aromatic nitrogens is 1. The summed E-state index contributed by atoms with van der Waals surface area (Å²) >= 11 is 1.46. The molecule has 5 heteroatoms. The van der Waals surface area contributed by atoms with Gasteiger partial charge in [0.15, 0.2) is 0 Å². The molecule has 3 rings (SSSR count). The fourth-order valence-electron chi connectivity index (χ4n) is 1.44. The summed E-state index contributed by atoms with van der Waals surface area (Å²) in [6.45, 7) is 0. The van der Waals surface area contributed by atoms with Crippen molar-refractivity contribution < 1.29 is 4.74 Å². The Hall–Kier alpha value is -1.75. The minimum atomic E-state index is -0.0183. The molecule has 1 aromatic rings. The molecule has 0 unspecified atom stereocenters. The van der Waals surface area contributed by atoms with Crippen molar-refractivity contribution in [3.8, 4) is 0 Å². The third-order valence-corrected chi connectivity index (χ3v) is 3.00. The fourth-order valence-corrected chi connectivity index (χ4v) is 2.07. The number of ether oxygens (including phenoxy) is 1. The molecule has 0 aromatic carbocycles. The largest absolute Gasteiger partial charge is 0.453 e. The summed E-state index contributed by atoms with van der Waals surface area (Å²) in [5.41, 5.74) is 0.889. The highest BCUT2D eigenvalue weighted by atomic mass is 32.2. The Bertz CT molecular complexity index is 484. The number of nitrogens with one attached hydrogen (secondary N) is 1. The van der Waals surface area contributed by atoms with E-state index >= 15 is 0 Å². The van der Waals surface area contributed by atoms with E-state index < -0.39 is 0 Å². The first-order valence-electron chi connectivity index (χ1n) is 4.89. The van der Waals surface area contributed by atoms with Crippen LogP contribution in [0.1, 0.15) is 0 Å². The molecule has 0 atom stereocenters. The van der Waals surface area contributed by atoms with Gasteiger partial charge in [0.2, 0.25) is 0 Å². The van der Waals surface area contributed by atoms with E-state index in [0.717, 1.165) is 10.6 Å². The van der Waals surface area contributed by atoms with Crippen LogP contribution in [-0.4, -0.2) is 17.1 Å². The minimum Gasteiger partial charge on any atom is -0.453 e. The number of hydrogen-bond acceptors (Lipinski definition) is 5. The summed E-state index contributed by atoms with van der Waals surface area (Å²) in [5, 5.41) is 0. The summed E-state index contributed by atoms with van der Waals surface area (Å²) in [7, 11) is 0. The lowest BCUT2D eigenvalue weighted by Crippen LogP contribution is -2.25. The van der Waals surface area contributed by atoms with Crippen molar-refractivity contribution in [3.63, 3.8) is 0 Å². The van der Waals surface area contributed by atoms with E-state index in [2.05, 4.69) is 14.7 Å². The van der Waals surface area contributed by atoms with Gasteiger partial charge in [0.25, 0.3) is 0 Å². The van der Waals surface area contributed by atoms with Gasteiger partial charge in [-0.1, -0.05) is 12.2 Å². The molecular formula is C11H9N3OS. The standard InChI is InChI=1S/C11H9N3OS/c1-2-4-8(3-1)15-11-13-9-5-6-12-7-10(9)16-14-11/h1-8H,(H,13,14). The van der Waals surface area contributed by atoms with Crippen molar-refractivity contribution >= 4 is 23.7 Å². The Morgan fingerprint density at radius 2 is 2.19 bits per heavy atom. The number of allylic oxidation sites excluding steroid dienone is 2. The van der Waals surface area contributed by atoms with E-state index in [9.17, 15) is 0 Å². The Balaban J connectivity index is 1.81. The van der Waals surface area contributed by atoms with Gasteiger partial charge in [-0.3, -0.25) is 9.71 Å². The molecule has 0 amide bonds. The smallest absolute Gasteiger partial charge is 0.301 e. The molecule has 4 nitrogen and oxygen atoms in total. The van der Waals surface area contributed by atoms with Gasteiger partial charge in [-0.2, -0.15) is 4.99 Å². The van der Waals surface area contributed by atoms with Gasteiger partial charge in [-0.15, -0.1) is 0 Å². The molecule has 80 valence electrons. The van der Waals surface area contributed by atoms with Gasteiger partial charge < -0.3 is 4.74 Å². The van der Waals surface area contributed by atoms with Crippen molar-refractivity contribution in [3.05, 3.63) is 42.8 Å². The highest BCUT2D eigenvalue weighted by molar-refractivity contribution is 7.98. The lowest BCUT2D eigenvalue weighted by atomic mass is 10.4. The van der Waals surface area contributed by atoms with Crippen LogP contribution in [0.5, 0.6) is 0 Å². The van der Waals surface area contributed by atoms with Crippen LogP contribution in [0.2, 0.25) is 0 Å². The molecule has 0 radical (unpaired) electrons. The minimum absolute atomic E-state index is 0.0183. The van der Waals surface area contributed by atoms with Gasteiger partial charge >= 0.3 is 6.02 Å². The molecule has 0 saturated carbocycles. The Morgan fingerprint density at radius 1 is 1.31 bits per heavy atom. The van der Waals surface area contributed by atoms with Gasteiger partial charge in [-0.25, -0.2) is 0 Å². The van der Waals surface area contributed by atoms with Gasteiger partial charge in [0.1, 0.15) is 6.10 Å². The van der Waals surface area contributed by atoms with E-state index in [4.69, 9.17) is 4.74 Å². The highest BCUT2D eigenvalue weighted by Crippen LogP contribution is 2.30. The monoisotopic (exact) mass is 231 g/mol. The second-order valence-corrected chi connectivity index (χ2v) is 4.16. The Labute approximate surface area is 97.3 Å². The van der Waals surface area contributed by atoms with E-state index in [-0.39, 0.29) is 6.10 Å². The molecule has 0 saturated heterocycles. The van der Waals surface area contributed by atoms with Crippen molar-refractivity contribution in [1.29, 1.82) is 0 Å². The predicted molar refractivity (Wildman–Crippen MR) is 63.5 cm³/mol. The first-order chi connectivity index (χ1) is 7.92. The van der Waals surface area contributed by atoms with Gasteiger partial charge in [-0.05, 0) is 30.2 Å². The number of nitrogens with zero attached hydrogens (tertiary/aromatic N) is 2. The molecule has 1 aliphatic heterocycles. The topological polar surface area (TPSA) is 46.5 Å². The number of fused-ring (bicyclic) bond motifs is 1. The summed E-state index contributed by atoms with van der Waals surface area (Å²) in [4.78, 5) is 9.40. The number of pyridine rings is 1. The van der Waals surface area contributed by atoms with E-state index in [1.54, 1.807) is 12.4 Å². The van der Waals surface area contributed by atoms with Gasteiger partial charge in [0, 0.05) is 12.4 Å². The zero-order valence-electron chi connectivity index (χ0n) is 8.33. The van der Waals surface area contributed by atoms with Crippen LogP contribution in [0.15, 0.2) is 52.7 Å². The highest BCUT2D eigenvalue weighted by Gasteiger charge is 2.15. The van der Waals surface area contributed by atoms with E-state index in [0.29, 0.717) is 6.02 Å². The second kappa shape index (κ2) is 4.02. The quantitative estimate of drug-likeness (QED) is 0.753. The maximum Gasteiger partial charge on any atom is 0.301 e. The molecule has 1 aliphatic carbocycles. The van der Waals surface area contributed by atoms with Crippen molar-refractivity contribution in [2.24, 2.45) is 4.99 Å². The molecule has 2 aliphatic rings. The molecule has 0 spiro atoms. The molecule has 1 aromatic heterocycles. The predicted octanol–water partition coefficient (Wildman–Crippen LogP) is 2.19. The average Bonchev–Trinajstić information content (AvgIpc) is 2.82. The number of amidine groups is 1. The maximum absolute atomic E-state index is 5.63. The molecule has 0 bridgehead atoms. The van der Waals surface area contributed by atoms with Crippen molar-refractivity contribution in [1.82, 2.24) is 9.71 Å². The third-order valence-electron chi connectivity index (χ3n) is 2.19. The van der Waals surface area contributed by atoms with Gasteiger partial charge in [0.05, 0.1) is 10.6 Å². The lowest BCUT2D eigenvalue weighted by molar-refractivity contribution is 0.277. The Kier molecular flexibility index (Phi) is 2.38. The van der Waals surface area contributed by atoms with E-state index in [1.807, 2.05) is 30.4 Å². The molecule has 1 N–H and O–H groups in total. The normalized spacial score (nSPS) is 17.9. The number of aliphatic imine (C=N–C) groups is 1. The molecule has 0 fully saturated rings. The van der Waals surface area contributed by atoms with Crippen LogP contribution < -0.4 is 4.72 Å². The van der Waals surface area contributed by atoms with Crippen LogP contribution in [0.25, 0.3) is 0 Å². The average molecular weight is 231 g/mol. The first-order valence-corrected chi connectivity index (χ1v) is 5.71. The SMILES string of the molecule is C1=CC(OC2=Nc3ccncc3SN2)C=C1. The lowest BCUT2D eigenvalue weighted by Gasteiger charge is -2.17. The number of rotatable bonds is 1. The molecular weight excluding hydrogens is 222 g/mol. The van der Waals surface area contributed by atoms with Crippen LogP contribution in [0.3, 0.4) is 0 Å². The summed E-state index contributed by atoms with van der Waals surface area (Å²) in [5.74, 6) is 0. The summed E-state index contributed by atoms with van der Waals surface area (Å²) in [6.07, 6.45) is 11.3. The van der Waals surface area contributed by atoms with E-state index in [1.165, 1.54) is 11.9 Å². The van der Waals surface area contributed by atoms with Crippen LogP contribution in [0, 0.1) is 0 Å².